The molecule has 6 nitrogen and oxygen atoms in total. The van der Waals surface area contributed by atoms with Gasteiger partial charge in [0.2, 0.25) is 0 Å². The van der Waals surface area contributed by atoms with Crippen molar-refractivity contribution in [2.45, 2.75) is 0 Å². The first kappa shape index (κ1) is 12.1. The zero-order valence-electron chi connectivity index (χ0n) is 9.08. The van der Waals surface area contributed by atoms with Crippen molar-refractivity contribution in [1.82, 2.24) is 4.98 Å². The highest BCUT2D eigenvalue weighted by atomic mass is 32.1. The normalized spacial score (nSPS) is 10.0. The van der Waals surface area contributed by atoms with Crippen LogP contribution in [0, 0.1) is 0 Å². The van der Waals surface area contributed by atoms with E-state index in [0.717, 1.165) is 11.3 Å². The largest absolute Gasteiger partial charge is 0.508 e. The molecule has 0 spiro atoms. The van der Waals surface area contributed by atoms with Crippen LogP contribution in [-0.4, -0.2) is 21.9 Å². The Kier molecular flexibility index (Phi) is 3.24. The molecule has 0 radical (unpaired) electrons. The number of anilines is 1. The first-order valence-electron chi connectivity index (χ1n) is 4.92. The quantitative estimate of drug-likeness (QED) is 0.773. The van der Waals surface area contributed by atoms with Crippen LogP contribution in [0.4, 0.5) is 5.13 Å². The fraction of sp³-hybridized carbons (Fsp3) is 0. The molecule has 0 saturated heterocycles. The Morgan fingerprint density at radius 1 is 1.28 bits per heavy atom. The van der Waals surface area contributed by atoms with E-state index in [4.69, 9.17) is 10.8 Å². The number of phenols is 1. The van der Waals surface area contributed by atoms with E-state index in [2.05, 4.69) is 10.3 Å². The van der Waals surface area contributed by atoms with Crippen molar-refractivity contribution in [3.05, 3.63) is 40.9 Å². The van der Waals surface area contributed by atoms with Crippen molar-refractivity contribution in [3.8, 4) is 5.75 Å². The number of aromatic nitrogens is 1. The first-order chi connectivity index (χ1) is 8.56. The minimum atomic E-state index is -0.642. The van der Waals surface area contributed by atoms with Gasteiger partial charge in [-0.2, -0.15) is 0 Å². The number of rotatable bonds is 3. The van der Waals surface area contributed by atoms with E-state index in [1.807, 2.05) is 0 Å². The summed E-state index contributed by atoms with van der Waals surface area (Å²) >= 11 is 1.11. The Morgan fingerprint density at radius 2 is 1.94 bits per heavy atom. The summed E-state index contributed by atoms with van der Waals surface area (Å²) in [5.41, 5.74) is 5.54. The zero-order chi connectivity index (χ0) is 13.1. The summed E-state index contributed by atoms with van der Waals surface area (Å²) < 4.78 is 0. The number of hydrogen-bond donors (Lipinski definition) is 3. The third kappa shape index (κ3) is 2.64. The number of carbonyl (C=O) groups is 2. The van der Waals surface area contributed by atoms with Gasteiger partial charge in [0.05, 0.1) is 0 Å². The lowest BCUT2D eigenvalue weighted by Crippen LogP contribution is -2.13. The Balaban J connectivity index is 2.11. The molecule has 0 saturated carbocycles. The van der Waals surface area contributed by atoms with Gasteiger partial charge in [0.1, 0.15) is 11.4 Å². The fourth-order valence-electron chi connectivity index (χ4n) is 1.23. The molecule has 0 aliphatic heterocycles. The number of aromatic hydroxyl groups is 1. The van der Waals surface area contributed by atoms with Crippen LogP contribution in [0.15, 0.2) is 29.6 Å². The molecule has 2 rings (SSSR count). The van der Waals surface area contributed by atoms with Crippen LogP contribution in [0.1, 0.15) is 20.8 Å². The number of hydrogen-bond acceptors (Lipinski definition) is 5. The lowest BCUT2D eigenvalue weighted by atomic mass is 10.2. The number of carbonyl (C=O) groups excluding carboxylic acids is 2. The van der Waals surface area contributed by atoms with E-state index in [9.17, 15) is 9.59 Å². The van der Waals surface area contributed by atoms with Gasteiger partial charge >= 0.3 is 0 Å². The van der Waals surface area contributed by atoms with Crippen molar-refractivity contribution in [2.75, 3.05) is 5.32 Å². The van der Waals surface area contributed by atoms with E-state index in [-0.39, 0.29) is 17.4 Å². The molecule has 0 fully saturated rings. The molecule has 92 valence electrons. The molecule has 1 aromatic carbocycles. The molecule has 0 unspecified atom stereocenters. The van der Waals surface area contributed by atoms with Gasteiger partial charge in [0.25, 0.3) is 11.8 Å². The molecule has 2 aromatic rings. The second-order valence-electron chi connectivity index (χ2n) is 3.40. The highest BCUT2D eigenvalue weighted by Gasteiger charge is 2.11. The van der Waals surface area contributed by atoms with Gasteiger partial charge < -0.3 is 10.8 Å². The third-order valence-corrected chi connectivity index (χ3v) is 2.86. The lowest BCUT2D eigenvalue weighted by molar-refractivity contribution is 0.0992. The van der Waals surface area contributed by atoms with Crippen molar-refractivity contribution in [3.63, 3.8) is 0 Å². The Morgan fingerprint density at radius 3 is 2.50 bits per heavy atom. The van der Waals surface area contributed by atoms with Crippen LogP contribution >= 0.6 is 11.3 Å². The molecule has 0 aliphatic carbocycles. The minimum Gasteiger partial charge on any atom is -0.508 e. The van der Waals surface area contributed by atoms with Gasteiger partial charge in [-0.1, -0.05) is 0 Å². The zero-order valence-corrected chi connectivity index (χ0v) is 9.90. The topological polar surface area (TPSA) is 105 Å². The molecule has 0 aliphatic rings. The van der Waals surface area contributed by atoms with Crippen molar-refractivity contribution in [2.24, 2.45) is 5.73 Å². The predicted molar refractivity (Wildman–Crippen MR) is 66.7 cm³/mol. The summed E-state index contributed by atoms with van der Waals surface area (Å²) in [7, 11) is 0. The number of nitrogens with zero attached hydrogens (tertiary/aromatic N) is 1. The average molecular weight is 263 g/mol. The molecular weight excluding hydrogens is 254 g/mol. The molecule has 7 heteroatoms. The van der Waals surface area contributed by atoms with Gasteiger partial charge in [-0.25, -0.2) is 4.98 Å². The number of primary amides is 1. The standard InChI is InChI=1S/C11H9N3O3S/c12-9(16)8-5-18-11(13-8)14-10(17)6-1-3-7(15)4-2-6/h1-5,15H,(H2,12,16)(H,13,14,17). The Labute approximate surface area is 106 Å². The van der Waals surface area contributed by atoms with E-state index >= 15 is 0 Å². The van der Waals surface area contributed by atoms with Gasteiger partial charge in [-0.15, -0.1) is 11.3 Å². The highest BCUT2D eigenvalue weighted by molar-refractivity contribution is 7.14. The van der Waals surface area contributed by atoms with Gasteiger partial charge in [0.15, 0.2) is 5.13 Å². The molecular formula is C11H9N3O3S. The van der Waals surface area contributed by atoms with Crippen LogP contribution in [0.3, 0.4) is 0 Å². The third-order valence-electron chi connectivity index (χ3n) is 2.11. The van der Waals surface area contributed by atoms with Gasteiger partial charge in [0, 0.05) is 10.9 Å². The SMILES string of the molecule is NC(=O)c1csc(NC(=O)c2ccc(O)cc2)n1. The lowest BCUT2D eigenvalue weighted by Gasteiger charge is -2.01. The number of nitrogens with two attached hydrogens (primary N) is 1. The monoisotopic (exact) mass is 263 g/mol. The average Bonchev–Trinajstić information content (AvgIpc) is 2.78. The summed E-state index contributed by atoms with van der Waals surface area (Å²) in [5, 5.41) is 13.4. The Hall–Kier alpha value is -2.41. The molecule has 0 atom stereocenters. The molecule has 0 bridgehead atoms. The summed E-state index contributed by atoms with van der Waals surface area (Å²) in [6, 6.07) is 5.78. The number of nitrogens with one attached hydrogen (secondary N) is 1. The molecule has 1 aromatic heterocycles. The van der Waals surface area contributed by atoms with E-state index < -0.39 is 5.91 Å². The molecule has 18 heavy (non-hydrogen) atoms. The second kappa shape index (κ2) is 4.84. The van der Waals surface area contributed by atoms with Crippen LogP contribution in [0.5, 0.6) is 5.75 Å². The molecule has 2 amide bonds. The van der Waals surface area contributed by atoms with Crippen molar-refractivity contribution >= 4 is 28.3 Å². The summed E-state index contributed by atoms with van der Waals surface area (Å²) in [6.45, 7) is 0. The van der Waals surface area contributed by atoms with Gasteiger partial charge in [-0.3, -0.25) is 14.9 Å². The molecule has 1 heterocycles. The van der Waals surface area contributed by atoms with Crippen LogP contribution in [0.2, 0.25) is 0 Å². The van der Waals surface area contributed by atoms with Crippen molar-refractivity contribution in [1.29, 1.82) is 0 Å². The smallest absolute Gasteiger partial charge is 0.268 e. The van der Waals surface area contributed by atoms with Crippen LogP contribution < -0.4 is 11.1 Å². The molecule has 4 N–H and O–H groups in total. The maximum Gasteiger partial charge on any atom is 0.268 e. The first-order valence-corrected chi connectivity index (χ1v) is 5.80. The summed E-state index contributed by atoms with van der Waals surface area (Å²) in [5.74, 6) is -0.937. The van der Waals surface area contributed by atoms with Crippen molar-refractivity contribution < 1.29 is 14.7 Å². The van der Waals surface area contributed by atoms with E-state index in [1.165, 1.54) is 29.6 Å². The maximum atomic E-state index is 11.8. The predicted octanol–water partition coefficient (Wildman–Crippen LogP) is 1.20. The van der Waals surface area contributed by atoms with E-state index in [0.29, 0.717) is 10.7 Å². The Bertz CT molecular complexity index is 592. The number of amides is 2. The van der Waals surface area contributed by atoms with Crippen LogP contribution in [0.25, 0.3) is 0 Å². The summed E-state index contributed by atoms with van der Waals surface area (Å²) in [6.07, 6.45) is 0. The summed E-state index contributed by atoms with van der Waals surface area (Å²) in [4.78, 5) is 26.5. The second-order valence-corrected chi connectivity index (χ2v) is 4.26. The maximum absolute atomic E-state index is 11.8. The number of benzene rings is 1. The fourth-order valence-corrected chi connectivity index (χ4v) is 1.92. The van der Waals surface area contributed by atoms with Crippen LogP contribution in [-0.2, 0) is 0 Å². The van der Waals surface area contributed by atoms with Gasteiger partial charge in [-0.05, 0) is 24.3 Å². The minimum absolute atomic E-state index is 0.0804. The highest BCUT2D eigenvalue weighted by Crippen LogP contribution is 2.17. The van der Waals surface area contributed by atoms with E-state index in [1.54, 1.807) is 0 Å². The number of phenolic OH excluding ortho intramolecular Hbond substituents is 1. The number of thiazole rings is 1.